The van der Waals surface area contributed by atoms with Crippen molar-refractivity contribution in [3.8, 4) is 0 Å². The van der Waals surface area contributed by atoms with Crippen LogP contribution in [0.1, 0.15) is 24.8 Å². The highest BCUT2D eigenvalue weighted by atomic mass is 79.9. The summed E-state index contributed by atoms with van der Waals surface area (Å²) < 4.78 is 27.5. The van der Waals surface area contributed by atoms with E-state index in [1.165, 1.54) is 0 Å². The molecule has 4 nitrogen and oxygen atoms in total. The Morgan fingerprint density at radius 3 is 2.53 bits per heavy atom. The van der Waals surface area contributed by atoms with Gasteiger partial charge in [-0.1, -0.05) is 6.07 Å². The zero-order valence-corrected chi connectivity index (χ0v) is 13.9. The molecule has 1 aromatic rings. The van der Waals surface area contributed by atoms with Crippen LogP contribution in [0.25, 0.3) is 0 Å². The van der Waals surface area contributed by atoms with Gasteiger partial charge in [0.05, 0.1) is 4.90 Å². The van der Waals surface area contributed by atoms with Crippen LogP contribution in [0.4, 0.5) is 0 Å². The predicted octanol–water partition coefficient (Wildman–Crippen LogP) is 2.34. The molecule has 108 valence electrons. The maximum Gasteiger partial charge on any atom is 0.241 e. The van der Waals surface area contributed by atoms with E-state index in [1.807, 2.05) is 6.92 Å². The van der Waals surface area contributed by atoms with E-state index >= 15 is 0 Å². The van der Waals surface area contributed by atoms with Crippen LogP contribution in [0.5, 0.6) is 0 Å². The minimum atomic E-state index is -3.49. The summed E-state index contributed by atoms with van der Waals surface area (Å²) in [5.41, 5.74) is 6.66. The average molecular weight is 370 g/mol. The van der Waals surface area contributed by atoms with Crippen LogP contribution in [0.3, 0.4) is 0 Å². The smallest absolute Gasteiger partial charge is 0.241 e. The van der Waals surface area contributed by atoms with Crippen LogP contribution in [0.2, 0.25) is 0 Å². The first-order valence-electron chi connectivity index (χ1n) is 5.87. The number of sulfonamides is 1. The van der Waals surface area contributed by atoms with Gasteiger partial charge in [-0.05, 0) is 59.8 Å². The minimum Gasteiger partial charge on any atom is -0.324 e. The second kappa shape index (κ2) is 6.10. The standard InChI is InChI=1S/C12H17BrN2O2S.ClH/c1-9-3-4-11(10(13)7-9)18(16,17)15-8-12(14)5-2-6-12;/h3-4,7,15H,2,5-6,8,14H2,1H3;1H. The van der Waals surface area contributed by atoms with Gasteiger partial charge in [-0.25, -0.2) is 13.1 Å². The molecule has 0 heterocycles. The highest BCUT2D eigenvalue weighted by molar-refractivity contribution is 9.10. The molecule has 0 unspecified atom stereocenters. The Labute approximate surface area is 128 Å². The fourth-order valence-electron chi connectivity index (χ4n) is 1.95. The molecule has 0 amide bonds. The van der Waals surface area contributed by atoms with Gasteiger partial charge in [0.2, 0.25) is 10.0 Å². The van der Waals surface area contributed by atoms with Gasteiger partial charge >= 0.3 is 0 Å². The molecular formula is C12H18BrClN2O2S. The van der Waals surface area contributed by atoms with Crippen LogP contribution < -0.4 is 10.5 Å². The summed E-state index contributed by atoms with van der Waals surface area (Å²) in [4.78, 5) is 0.260. The number of rotatable bonds is 4. The summed E-state index contributed by atoms with van der Waals surface area (Å²) in [6.07, 6.45) is 2.83. The molecule has 0 saturated heterocycles. The molecule has 2 rings (SSSR count). The van der Waals surface area contributed by atoms with Crippen LogP contribution in [-0.2, 0) is 10.0 Å². The molecule has 7 heteroatoms. The lowest BCUT2D eigenvalue weighted by Gasteiger charge is -2.38. The van der Waals surface area contributed by atoms with Gasteiger partial charge < -0.3 is 5.73 Å². The van der Waals surface area contributed by atoms with E-state index in [1.54, 1.807) is 18.2 Å². The fourth-order valence-corrected chi connectivity index (χ4v) is 4.28. The number of benzene rings is 1. The normalized spacial score (nSPS) is 17.4. The number of aryl methyl sites for hydroxylation is 1. The van der Waals surface area contributed by atoms with Crippen molar-refractivity contribution in [1.82, 2.24) is 4.72 Å². The largest absolute Gasteiger partial charge is 0.324 e. The Morgan fingerprint density at radius 2 is 2.05 bits per heavy atom. The monoisotopic (exact) mass is 368 g/mol. The Bertz CT molecular complexity index is 559. The molecule has 0 spiro atoms. The van der Waals surface area contributed by atoms with Crippen molar-refractivity contribution in [3.63, 3.8) is 0 Å². The summed E-state index contributed by atoms with van der Waals surface area (Å²) in [6.45, 7) is 2.22. The summed E-state index contributed by atoms with van der Waals surface area (Å²) in [7, 11) is -3.49. The van der Waals surface area contributed by atoms with Gasteiger partial charge in [0.25, 0.3) is 0 Å². The van der Waals surface area contributed by atoms with E-state index in [9.17, 15) is 8.42 Å². The van der Waals surface area contributed by atoms with Crippen molar-refractivity contribution in [2.24, 2.45) is 5.73 Å². The second-order valence-electron chi connectivity index (χ2n) is 4.97. The molecule has 0 bridgehead atoms. The maximum absolute atomic E-state index is 12.2. The quantitative estimate of drug-likeness (QED) is 0.855. The van der Waals surface area contributed by atoms with Crippen LogP contribution >= 0.6 is 28.3 Å². The summed E-state index contributed by atoms with van der Waals surface area (Å²) in [5, 5.41) is 0. The second-order valence-corrected chi connectivity index (χ2v) is 7.56. The minimum absolute atomic E-state index is 0. The molecule has 1 aromatic carbocycles. The van der Waals surface area contributed by atoms with Crippen LogP contribution in [-0.4, -0.2) is 20.5 Å². The first kappa shape index (κ1) is 16.9. The Hall–Kier alpha value is -0.140. The van der Waals surface area contributed by atoms with Crippen molar-refractivity contribution in [2.45, 2.75) is 36.6 Å². The van der Waals surface area contributed by atoms with Gasteiger partial charge in [0.1, 0.15) is 0 Å². The average Bonchev–Trinajstić information content (AvgIpc) is 2.23. The molecule has 1 aliphatic rings. The van der Waals surface area contributed by atoms with E-state index in [0.29, 0.717) is 11.0 Å². The van der Waals surface area contributed by atoms with Crippen molar-refractivity contribution >= 4 is 38.4 Å². The predicted molar refractivity (Wildman–Crippen MR) is 82.1 cm³/mol. The number of nitrogens with two attached hydrogens (primary N) is 1. The third-order valence-electron chi connectivity index (χ3n) is 3.34. The lowest BCUT2D eigenvalue weighted by Crippen LogP contribution is -2.54. The number of halogens is 2. The molecule has 0 atom stereocenters. The first-order valence-corrected chi connectivity index (χ1v) is 8.15. The number of hydrogen-bond donors (Lipinski definition) is 2. The highest BCUT2D eigenvalue weighted by Crippen LogP contribution is 2.29. The maximum atomic E-state index is 12.2. The Kier molecular flexibility index (Phi) is 5.43. The van der Waals surface area contributed by atoms with Crippen molar-refractivity contribution in [2.75, 3.05) is 6.54 Å². The third kappa shape index (κ3) is 3.92. The molecule has 0 aliphatic heterocycles. The number of nitrogens with one attached hydrogen (secondary N) is 1. The summed E-state index contributed by atoms with van der Waals surface area (Å²) in [6, 6.07) is 5.17. The van der Waals surface area contributed by atoms with Gasteiger partial charge in [-0.3, -0.25) is 0 Å². The van der Waals surface area contributed by atoms with Crippen molar-refractivity contribution in [3.05, 3.63) is 28.2 Å². The van der Waals surface area contributed by atoms with Gasteiger partial charge in [0.15, 0.2) is 0 Å². The molecular weight excluding hydrogens is 352 g/mol. The molecule has 3 N–H and O–H groups in total. The van der Waals surface area contributed by atoms with Crippen molar-refractivity contribution < 1.29 is 8.42 Å². The van der Waals surface area contributed by atoms with Gasteiger partial charge in [-0.2, -0.15) is 0 Å². The summed E-state index contributed by atoms with van der Waals surface area (Å²) in [5.74, 6) is 0. The highest BCUT2D eigenvalue weighted by Gasteiger charge is 2.34. The zero-order valence-electron chi connectivity index (χ0n) is 10.6. The summed E-state index contributed by atoms with van der Waals surface area (Å²) >= 11 is 3.28. The zero-order chi connectivity index (χ0) is 13.4. The SMILES string of the molecule is Cc1ccc(S(=O)(=O)NCC2(N)CCC2)c(Br)c1.Cl. The third-order valence-corrected chi connectivity index (χ3v) is 5.72. The first-order chi connectivity index (χ1) is 8.32. The topological polar surface area (TPSA) is 72.2 Å². The lowest BCUT2D eigenvalue weighted by atomic mass is 9.78. The molecule has 0 radical (unpaired) electrons. The molecule has 1 aliphatic carbocycles. The molecule has 19 heavy (non-hydrogen) atoms. The molecule has 1 saturated carbocycles. The van der Waals surface area contributed by atoms with Gasteiger partial charge in [-0.15, -0.1) is 12.4 Å². The Morgan fingerprint density at radius 1 is 1.42 bits per heavy atom. The molecule has 1 fully saturated rings. The van der Waals surface area contributed by atoms with E-state index < -0.39 is 10.0 Å². The van der Waals surface area contributed by atoms with E-state index in [0.717, 1.165) is 24.8 Å². The lowest BCUT2D eigenvalue weighted by molar-refractivity contribution is 0.251. The number of hydrogen-bond acceptors (Lipinski definition) is 3. The van der Waals surface area contributed by atoms with Crippen molar-refractivity contribution in [1.29, 1.82) is 0 Å². The van der Waals surface area contributed by atoms with E-state index in [4.69, 9.17) is 5.73 Å². The van der Waals surface area contributed by atoms with E-state index in [-0.39, 0.29) is 22.8 Å². The van der Waals surface area contributed by atoms with Gasteiger partial charge in [0, 0.05) is 16.6 Å². The Balaban J connectivity index is 0.00000180. The van der Waals surface area contributed by atoms with E-state index in [2.05, 4.69) is 20.7 Å². The van der Waals surface area contributed by atoms with Crippen LogP contribution in [0.15, 0.2) is 27.6 Å². The van der Waals surface area contributed by atoms with Crippen LogP contribution in [0, 0.1) is 6.92 Å². The fraction of sp³-hybridized carbons (Fsp3) is 0.500. The molecule has 0 aromatic heterocycles.